The van der Waals surface area contributed by atoms with Crippen molar-refractivity contribution in [3.63, 3.8) is 0 Å². The summed E-state index contributed by atoms with van der Waals surface area (Å²) in [6.07, 6.45) is 0. The van der Waals surface area contributed by atoms with E-state index in [9.17, 15) is 10.1 Å². The molecule has 0 amide bonds. The highest BCUT2D eigenvalue weighted by atomic mass is 35.5. The van der Waals surface area contributed by atoms with E-state index in [0.717, 1.165) is 5.56 Å². The molecule has 0 aliphatic rings. The summed E-state index contributed by atoms with van der Waals surface area (Å²) in [5.41, 5.74) is 1.43. The fourth-order valence-electron chi connectivity index (χ4n) is 1.91. The SMILES string of the molecule is Cc1nc(NC(C)c2cccc(Cl)c2)ccc1[N+](=O)[O-]. The quantitative estimate of drug-likeness (QED) is 0.679. The number of aromatic nitrogens is 1. The van der Waals surface area contributed by atoms with Gasteiger partial charge in [-0.2, -0.15) is 0 Å². The molecule has 0 fully saturated rings. The molecule has 20 heavy (non-hydrogen) atoms. The molecule has 0 bridgehead atoms. The number of benzene rings is 1. The topological polar surface area (TPSA) is 68.1 Å². The number of nitro groups is 1. The van der Waals surface area contributed by atoms with Gasteiger partial charge in [-0.15, -0.1) is 0 Å². The van der Waals surface area contributed by atoms with Crippen LogP contribution in [0.4, 0.5) is 11.5 Å². The normalized spacial score (nSPS) is 11.9. The summed E-state index contributed by atoms with van der Waals surface area (Å²) in [4.78, 5) is 14.5. The first-order valence-corrected chi connectivity index (χ1v) is 6.49. The summed E-state index contributed by atoms with van der Waals surface area (Å²) in [6.45, 7) is 3.59. The zero-order valence-electron chi connectivity index (χ0n) is 11.1. The Labute approximate surface area is 121 Å². The molecule has 104 valence electrons. The van der Waals surface area contributed by atoms with Crippen molar-refractivity contribution in [3.8, 4) is 0 Å². The summed E-state index contributed by atoms with van der Waals surface area (Å²) in [7, 11) is 0. The van der Waals surface area contributed by atoms with Crippen molar-refractivity contribution < 1.29 is 4.92 Å². The maximum absolute atomic E-state index is 10.7. The number of nitrogens with one attached hydrogen (secondary N) is 1. The molecule has 1 heterocycles. The Balaban J connectivity index is 2.18. The highest BCUT2D eigenvalue weighted by Crippen LogP contribution is 2.23. The van der Waals surface area contributed by atoms with Gasteiger partial charge in [0.05, 0.1) is 4.92 Å². The van der Waals surface area contributed by atoms with E-state index >= 15 is 0 Å². The van der Waals surface area contributed by atoms with Crippen molar-refractivity contribution >= 4 is 23.1 Å². The zero-order valence-corrected chi connectivity index (χ0v) is 11.9. The first-order valence-electron chi connectivity index (χ1n) is 6.11. The number of anilines is 1. The third-order valence-electron chi connectivity index (χ3n) is 2.97. The van der Waals surface area contributed by atoms with E-state index in [0.29, 0.717) is 16.5 Å². The molecule has 1 unspecified atom stereocenters. The molecule has 6 heteroatoms. The van der Waals surface area contributed by atoms with Crippen LogP contribution >= 0.6 is 11.6 Å². The van der Waals surface area contributed by atoms with Crippen molar-refractivity contribution in [1.82, 2.24) is 4.98 Å². The number of nitrogens with zero attached hydrogens (tertiary/aromatic N) is 2. The van der Waals surface area contributed by atoms with E-state index in [1.54, 1.807) is 13.0 Å². The van der Waals surface area contributed by atoms with Crippen molar-refractivity contribution in [1.29, 1.82) is 0 Å². The predicted molar refractivity (Wildman–Crippen MR) is 79.1 cm³/mol. The Morgan fingerprint density at radius 1 is 1.35 bits per heavy atom. The third kappa shape index (κ3) is 3.24. The molecule has 2 rings (SSSR count). The Bertz CT molecular complexity index is 646. The summed E-state index contributed by atoms with van der Waals surface area (Å²) >= 11 is 5.95. The fraction of sp³-hybridized carbons (Fsp3) is 0.214. The van der Waals surface area contributed by atoms with Crippen LogP contribution in [0.5, 0.6) is 0 Å². The maximum atomic E-state index is 10.7. The molecule has 0 saturated heterocycles. The Hall–Kier alpha value is -2.14. The molecule has 0 aliphatic carbocycles. The molecule has 0 spiro atoms. The molecule has 2 aromatic rings. The van der Waals surface area contributed by atoms with Gasteiger partial charge in [-0.3, -0.25) is 10.1 Å². The van der Waals surface area contributed by atoms with Gasteiger partial charge in [0, 0.05) is 17.1 Å². The maximum Gasteiger partial charge on any atom is 0.290 e. The molecule has 0 saturated carbocycles. The van der Waals surface area contributed by atoms with Crippen LogP contribution in [0, 0.1) is 17.0 Å². The second kappa shape index (κ2) is 5.88. The lowest BCUT2D eigenvalue weighted by Crippen LogP contribution is -2.08. The molecule has 5 nitrogen and oxygen atoms in total. The standard InChI is InChI=1S/C14H14ClN3O2/c1-9(11-4-3-5-12(15)8-11)16-14-7-6-13(18(19)20)10(2)17-14/h3-9H,1-2H3,(H,16,17). The Morgan fingerprint density at radius 3 is 2.70 bits per heavy atom. The highest BCUT2D eigenvalue weighted by molar-refractivity contribution is 6.30. The van der Waals surface area contributed by atoms with Crippen LogP contribution in [0.25, 0.3) is 0 Å². The Morgan fingerprint density at radius 2 is 2.10 bits per heavy atom. The first kappa shape index (κ1) is 14.3. The summed E-state index contributed by atoms with van der Waals surface area (Å²) in [6, 6.07) is 10.6. The average molecular weight is 292 g/mol. The molecule has 1 aromatic heterocycles. The smallest absolute Gasteiger partial charge is 0.290 e. The fourth-order valence-corrected chi connectivity index (χ4v) is 2.11. The van der Waals surface area contributed by atoms with E-state index in [1.807, 2.05) is 31.2 Å². The molecule has 0 aliphatic heterocycles. The van der Waals surface area contributed by atoms with Gasteiger partial charge in [0.1, 0.15) is 11.5 Å². The van der Waals surface area contributed by atoms with E-state index in [-0.39, 0.29) is 11.7 Å². The number of hydrogen-bond acceptors (Lipinski definition) is 4. The number of hydrogen-bond donors (Lipinski definition) is 1. The Kier molecular flexibility index (Phi) is 4.20. The van der Waals surface area contributed by atoms with E-state index in [2.05, 4.69) is 10.3 Å². The van der Waals surface area contributed by atoms with Crippen LogP contribution in [0.3, 0.4) is 0 Å². The van der Waals surface area contributed by atoms with Gasteiger partial charge in [-0.05, 0) is 37.6 Å². The van der Waals surface area contributed by atoms with Crippen molar-refractivity contribution in [2.24, 2.45) is 0 Å². The van der Waals surface area contributed by atoms with Crippen LogP contribution in [-0.2, 0) is 0 Å². The minimum atomic E-state index is -0.438. The van der Waals surface area contributed by atoms with E-state index in [1.165, 1.54) is 6.07 Å². The van der Waals surface area contributed by atoms with Crippen molar-refractivity contribution in [3.05, 3.63) is 62.8 Å². The van der Waals surface area contributed by atoms with Crippen LogP contribution in [-0.4, -0.2) is 9.91 Å². The second-order valence-electron chi connectivity index (χ2n) is 4.48. The van der Waals surface area contributed by atoms with Crippen LogP contribution in [0.1, 0.15) is 24.2 Å². The molecule has 1 N–H and O–H groups in total. The van der Waals surface area contributed by atoms with Crippen molar-refractivity contribution in [2.75, 3.05) is 5.32 Å². The molecular formula is C14H14ClN3O2. The minimum Gasteiger partial charge on any atom is -0.364 e. The average Bonchev–Trinajstić information content (AvgIpc) is 2.38. The summed E-state index contributed by atoms with van der Waals surface area (Å²) in [5, 5.41) is 14.6. The van der Waals surface area contributed by atoms with Gasteiger partial charge in [0.25, 0.3) is 5.69 Å². The van der Waals surface area contributed by atoms with Crippen LogP contribution < -0.4 is 5.32 Å². The zero-order chi connectivity index (χ0) is 14.7. The third-order valence-corrected chi connectivity index (χ3v) is 3.20. The monoisotopic (exact) mass is 291 g/mol. The number of rotatable bonds is 4. The van der Waals surface area contributed by atoms with E-state index in [4.69, 9.17) is 11.6 Å². The molecule has 1 atom stereocenters. The van der Waals surface area contributed by atoms with Gasteiger partial charge in [-0.1, -0.05) is 23.7 Å². The number of aryl methyl sites for hydroxylation is 1. The lowest BCUT2D eigenvalue weighted by atomic mass is 10.1. The molecule has 1 aromatic carbocycles. The highest BCUT2D eigenvalue weighted by Gasteiger charge is 2.13. The largest absolute Gasteiger partial charge is 0.364 e. The van der Waals surface area contributed by atoms with E-state index < -0.39 is 4.92 Å². The molecular weight excluding hydrogens is 278 g/mol. The predicted octanol–water partition coefficient (Wildman–Crippen LogP) is 4.12. The van der Waals surface area contributed by atoms with Crippen molar-refractivity contribution in [2.45, 2.75) is 19.9 Å². The van der Waals surface area contributed by atoms with Crippen LogP contribution in [0.2, 0.25) is 5.02 Å². The first-order chi connectivity index (χ1) is 9.47. The summed E-state index contributed by atoms with van der Waals surface area (Å²) in [5.74, 6) is 0.598. The molecule has 0 radical (unpaired) electrons. The minimum absolute atomic E-state index is 0.00190. The van der Waals surface area contributed by atoms with Gasteiger partial charge in [0.15, 0.2) is 0 Å². The summed E-state index contributed by atoms with van der Waals surface area (Å²) < 4.78 is 0. The van der Waals surface area contributed by atoms with Gasteiger partial charge in [-0.25, -0.2) is 4.98 Å². The van der Waals surface area contributed by atoms with Crippen LogP contribution in [0.15, 0.2) is 36.4 Å². The van der Waals surface area contributed by atoms with Gasteiger partial charge < -0.3 is 5.32 Å². The lowest BCUT2D eigenvalue weighted by Gasteiger charge is -2.15. The van der Waals surface area contributed by atoms with Gasteiger partial charge >= 0.3 is 0 Å². The lowest BCUT2D eigenvalue weighted by molar-refractivity contribution is -0.385. The number of halogens is 1. The second-order valence-corrected chi connectivity index (χ2v) is 4.92. The number of pyridine rings is 1. The van der Waals surface area contributed by atoms with Gasteiger partial charge in [0.2, 0.25) is 0 Å².